The number of aliphatic hydroxyl groups is 1. The van der Waals surface area contributed by atoms with Gasteiger partial charge in [-0.05, 0) is 77.8 Å². The Balaban J connectivity index is 5.56. The van der Waals surface area contributed by atoms with Crippen molar-refractivity contribution in [3.05, 3.63) is 48.6 Å². The molecule has 2 atom stereocenters. The Hall–Kier alpha value is -1.76. The number of rotatable bonds is 16. The predicted molar refractivity (Wildman–Crippen MR) is 151 cm³/mol. The summed E-state index contributed by atoms with van der Waals surface area (Å²) in [6.45, 7) is 21.6. The fourth-order valence-corrected chi connectivity index (χ4v) is 5.14. The molecule has 34 heavy (non-hydrogen) atoms. The van der Waals surface area contributed by atoms with Gasteiger partial charge in [-0.2, -0.15) is 0 Å². The first kappa shape index (κ1) is 32.2. The van der Waals surface area contributed by atoms with E-state index in [1.165, 1.54) is 0 Å². The van der Waals surface area contributed by atoms with E-state index in [9.17, 15) is 0 Å². The number of aliphatic hydroxyl groups excluding tert-OH is 1. The Bertz CT molecular complexity index is 723. The van der Waals surface area contributed by atoms with E-state index in [1.54, 1.807) is 0 Å². The summed E-state index contributed by atoms with van der Waals surface area (Å²) in [4.78, 5) is 0. The zero-order chi connectivity index (χ0) is 26.3. The van der Waals surface area contributed by atoms with Crippen LogP contribution in [0.2, 0.25) is 0 Å². The van der Waals surface area contributed by atoms with Crippen molar-refractivity contribution in [2.75, 3.05) is 20.1 Å². The molecule has 0 aliphatic rings. The Morgan fingerprint density at radius 1 is 0.882 bits per heavy atom. The van der Waals surface area contributed by atoms with Crippen LogP contribution in [-0.2, 0) is 0 Å². The van der Waals surface area contributed by atoms with Crippen molar-refractivity contribution in [3.8, 4) is 12.0 Å². The predicted octanol–water partition coefficient (Wildman–Crippen LogP) is 7.41. The SMILES string of the molecule is CC=CC(C=CC)(CCNCC(C)(CC)CC(C=CC)(C=CC)NC)CC(C)(C)C(C)C#CO. The van der Waals surface area contributed by atoms with Gasteiger partial charge in [-0.15, -0.1) is 0 Å². The van der Waals surface area contributed by atoms with Crippen molar-refractivity contribution in [2.45, 2.75) is 93.5 Å². The van der Waals surface area contributed by atoms with Crippen molar-refractivity contribution in [2.24, 2.45) is 22.2 Å². The lowest BCUT2D eigenvalue weighted by Gasteiger charge is -2.40. The van der Waals surface area contributed by atoms with E-state index in [-0.39, 0.29) is 27.7 Å². The second-order valence-electron chi connectivity index (χ2n) is 10.9. The fourth-order valence-electron chi connectivity index (χ4n) is 5.14. The van der Waals surface area contributed by atoms with Gasteiger partial charge in [-0.25, -0.2) is 0 Å². The molecule has 0 spiro atoms. The van der Waals surface area contributed by atoms with Gasteiger partial charge in [-0.1, -0.05) is 89.1 Å². The van der Waals surface area contributed by atoms with Crippen LogP contribution in [0.4, 0.5) is 0 Å². The van der Waals surface area contributed by atoms with Crippen LogP contribution in [0.15, 0.2) is 48.6 Å². The topological polar surface area (TPSA) is 44.3 Å². The number of likely N-dealkylation sites (N-methyl/N-ethyl adjacent to an activating group) is 1. The van der Waals surface area contributed by atoms with Crippen LogP contribution in [-0.4, -0.2) is 30.8 Å². The van der Waals surface area contributed by atoms with Crippen molar-refractivity contribution < 1.29 is 5.11 Å². The molecule has 0 rings (SSSR count). The molecule has 0 saturated heterocycles. The van der Waals surface area contributed by atoms with Crippen LogP contribution in [0.1, 0.15) is 88.0 Å². The van der Waals surface area contributed by atoms with E-state index in [2.05, 4.69) is 141 Å². The lowest BCUT2D eigenvalue weighted by Crippen LogP contribution is -2.46. The lowest BCUT2D eigenvalue weighted by molar-refractivity contribution is 0.182. The van der Waals surface area contributed by atoms with Crippen LogP contribution in [0, 0.1) is 34.2 Å². The Labute approximate surface area is 212 Å². The molecule has 0 amide bonds. The third kappa shape index (κ3) is 10.2. The summed E-state index contributed by atoms with van der Waals surface area (Å²) in [6.07, 6.45) is 24.1. The summed E-state index contributed by atoms with van der Waals surface area (Å²) in [6, 6.07) is 0. The quantitative estimate of drug-likeness (QED) is 0.125. The Kier molecular flexibility index (Phi) is 14.5. The van der Waals surface area contributed by atoms with Crippen LogP contribution in [0.25, 0.3) is 0 Å². The minimum Gasteiger partial charge on any atom is -0.462 e. The van der Waals surface area contributed by atoms with Gasteiger partial charge in [0.1, 0.15) is 6.11 Å². The maximum atomic E-state index is 9.13. The van der Waals surface area contributed by atoms with Gasteiger partial charge in [0.15, 0.2) is 0 Å². The largest absolute Gasteiger partial charge is 0.462 e. The number of nitrogens with one attached hydrogen (secondary N) is 2. The van der Waals surface area contributed by atoms with Crippen molar-refractivity contribution in [1.29, 1.82) is 0 Å². The van der Waals surface area contributed by atoms with Crippen molar-refractivity contribution in [1.82, 2.24) is 10.6 Å². The molecule has 0 saturated carbocycles. The summed E-state index contributed by atoms with van der Waals surface area (Å²) in [7, 11) is 2.05. The highest BCUT2D eigenvalue weighted by Crippen LogP contribution is 2.43. The molecular weight excluding hydrogens is 416 g/mol. The van der Waals surface area contributed by atoms with Gasteiger partial charge in [-0.3, -0.25) is 0 Å². The second kappa shape index (κ2) is 15.3. The van der Waals surface area contributed by atoms with Crippen LogP contribution in [0.3, 0.4) is 0 Å². The molecule has 0 radical (unpaired) electrons. The van der Waals surface area contributed by atoms with Gasteiger partial charge in [0.05, 0.1) is 5.54 Å². The molecule has 0 aromatic heterocycles. The Morgan fingerprint density at radius 2 is 1.41 bits per heavy atom. The third-order valence-corrected chi connectivity index (χ3v) is 7.52. The van der Waals surface area contributed by atoms with Crippen LogP contribution < -0.4 is 10.6 Å². The van der Waals surface area contributed by atoms with E-state index in [0.717, 1.165) is 38.8 Å². The van der Waals surface area contributed by atoms with Gasteiger partial charge in [0.2, 0.25) is 0 Å². The summed E-state index contributed by atoms with van der Waals surface area (Å²) < 4.78 is 0. The molecule has 0 aromatic carbocycles. The molecule has 194 valence electrons. The highest BCUT2D eigenvalue weighted by atomic mass is 16.2. The normalized spacial score (nSPS) is 19.2. The van der Waals surface area contributed by atoms with Crippen molar-refractivity contribution in [3.63, 3.8) is 0 Å². The van der Waals surface area contributed by atoms with Gasteiger partial charge in [0.25, 0.3) is 0 Å². The molecule has 3 heteroatoms. The monoisotopic (exact) mass is 470 g/mol. The molecule has 0 aromatic rings. The molecule has 0 aliphatic heterocycles. The number of allylic oxidation sites excluding steroid dienone is 6. The lowest BCUT2D eigenvalue weighted by atomic mass is 9.66. The second-order valence-corrected chi connectivity index (χ2v) is 10.9. The first-order valence-corrected chi connectivity index (χ1v) is 13.1. The molecule has 3 N–H and O–H groups in total. The van der Waals surface area contributed by atoms with Gasteiger partial charge >= 0.3 is 0 Å². The summed E-state index contributed by atoms with van der Waals surface area (Å²) in [5.74, 6) is 3.07. The first-order chi connectivity index (χ1) is 16.0. The van der Waals surface area contributed by atoms with Crippen molar-refractivity contribution >= 4 is 0 Å². The fraction of sp³-hybridized carbons (Fsp3) is 0.677. The first-order valence-electron chi connectivity index (χ1n) is 13.1. The minimum atomic E-state index is -0.122. The van der Waals surface area contributed by atoms with Gasteiger partial charge in [0, 0.05) is 17.9 Å². The molecular formula is C31H54N2O. The van der Waals surface area contributed by atoms with Crippen LogP contribution >= 0.6 is 0 Å². The standard InChI is InChI=1S/C31H54N2O/c1-11-17-30(18-12-2,24-28(7,8)27(6)16-23-34)21-22-33-26-29(9,15-5)25-31(32-10,19-13-3)20-14-4/h11-14,17-20,27,32-34H,15,21-22,24-26H2,1-10H3. The van der Waals surface area contributed by atoms with E-state index in [0.29, 0.717) is 0 Å². The molecule has 0 fully saturated rings. The molecule has 0 bridgehead atoms. The zero-order valence-corrected chi connectivity index (χ0v) is 23.9. The van der Waals surface area contributed by atoms with Gasteiger partial charge < -0.3 is 15.7 Å². The van der Waals surface area contributed by atoms with E-state index in [4.69, 9.17) is 5.11 Å². The average Bonchev–Trinajstić information content (AvgIpc) is 2.77. The Morgan fingerprint density at radius 3 is 1.82 bits per heavy atom. The summed E-state index contributed by atoms with van der Waals surface area (Å²) in [5.41, 5.74) is -0.0312. The minimum absolute atomic E-state index is 0.0297. The highest BCUT2D eigenvalue weighted by molar-refractivity contribution is 5.19. The highest BCUT2D eigenvalue weighted by Gasteiger charge is 2.36. The number of hydrogen-bond acceptors (Lipinski definition) is 3. The number of hydrogen-bond donors (Lipinski definition) is 3. The zero-order valence-electron chi connectivity index (χ0n) is 23.9. The molecule has 0 heterocycles. The van der Waals surface area contributed by atoms with E-state index >= 15 is 0 Å². The molecule has 0 aliphatic carbocycles. The van der Waals surface area contributed by atoms with Crippen LogP contribution in [0.5, 0.6) is 0 Å². The smallest absolute Gasteiger partial charge is 0.107 e. The summed E-state index contributed by atoms with van der Waals surface area (Å²) in [5, 5.41) is 16.5. The summed E-state index contributed by atoms with van der Waals surface area (Å²) >= 11 is 0. The van der Waals surface area contributed by atoms with E-state index in [1.807, 2.05) is 0 Å². The molecule has 2 unspecified atom stereocenters. The van der Waals surface area contributed by atoms with E-state index < -0.39 is 0 Å². The average molecular weight is 471 g/mol. The third-order valence-electron chi connectivity index (χ3n) is 7.52. The maximum absolute atomic E-state index is 9.13. The molecule has 3 nitrogen and oxygen atoms in total. The maximum Gasteiger partial charge on any atom is 0.107 e.